The van der Waals surface area contributed by atoms with Crippen molar-refractivity contribution in [1.82, 2.24) is 9.55 Å². The molecule has 0 amide bonds. The van der Waals surface area contributed by atoms with Crippen LogP contribution in [0.2, 0.25) is 0 Å². The average molecular weight is 432 g/mol. The molecule has 2 aromatic carbocycles. The van der Waals surface area contributed by atoms with Gasteiger partial charge in [0.05, 0.1) is 18.3 Å². The summed E-state index contributed by atoms with van der Waals surface area (Å²) >= 11 is 0. The Morgan fingerprint density at radius 2 is 1.88 bits per heavy atom. The number of ether oxygens (including phenoxy) is 2. The molecule has 0 fully saturated rings. The van der Waals surface area contributed by atoms with E-state index in [9.17, 15) is 14.7 Å². The number of aromatic amines is 1. The molecule has 4 rings (SSSR count). The number of nitrogens with one attached hydrogen (secondary N) is 1. The molecule has 164 valence electrons. The second-order valence-corrected chi connectivity index (χ2v) is 7.45. The fourth-order valence-electron chi connectivity index (χ4n) is 3.90. The van der Waals surface area contributed by atoms with E-state index in [1.54, 1.807) is 0 Å². The fraction of sp³-hybridized carbons (Fsp3) is 0.200. The van der Waals surface area contributed by atoms with Crippen LogP contribution in [-0.2, 0) is 24.8 Å². The summed E-state index contributed by atoms with van der Waals surface area (Å²) in [4.78, 5) is 27.5. The summed E-state index contributed by atoms with van der Waals surface area (Å²) in [6, 6.07) is 15.5. The largest absolute Gasteiger partial charge is 0.506 e. The summed E-state index contributed by atoms with van der Waals surface area (Å²) < 4.78 is 12.9. The van der Waals surface area contributed by atoms with E-state index in [-0.39, 0.29) is 5.75 Å². The molecule has 7 nitrogen and oxygen atoms in total. The minimum Gasteiger partial charge on any atom is -0.506 e. The monoisotopic (exact) mass is 432 g/mol. The smallest absolute Gasteiger partial charge is 0.347 e. The van der Waals surface area contributed by atoms with E-state index < -0.39 is 17.1 Å². The maximum absolute atomic E-state index is 12.7. The molecule has 7 heteroatoms. The summed E-state index contributed by atoms with van der Waals surface area (Å²) in [7, 11) is 3.11. The number of hydrogen-bond donors (Lipinski definition) is 2. The zero-order valence-electron chi connectivity index (χ0n) is 18.1. The van der Waals surface area contributed by atoms with Crippen LogP contribution in [0, 0.1) is 0 Å². The molecule has 0 aliphatic carbocycles. The van der Waals surface area contributed by atoms with Crippen molar-refractivity contribution in [2.24, 2.45) is 7.05 Å². The van der Waals surface area contributed by atoms with Gasteiger partial charge in [-0.15, -0.1) is 0 Å². The van der Waals surface area contributed by atoms with Crippen LogP contribution < -0.4 is 10.3 Å². The Balaban J connectivity index is 1.93. The Morgan fingerprint density at radius 3 is 2.56 bits per heavy atom. The van der Waals surface area contributed by atoms with E-state index in [2.05, 4.69) is 9.72 Å². The lowest BCUT2D eigenvalue weighted by Crippen LogP contribution is -2.21. The molecule has 0 aliphatic heterocycles. The van der Waals surface area contributed by atoms with E-state index >= 15 is 0 Å². The lowest BCUT2D eigenvalue weighted by atomic mass is 9.98. The maximum Gasteiger partial charge on any atom is 0.347 e. The van der Waals surface area contributed by atoms with Crippen LogP contribution >= 0.6 is 0 Å². The number of esters is 1. The second-order valence-electron chi connectivity index (χ2n) is 7.45. The first-order valence-corrected chi connectivity index (χ1v) is 10.3. The predicted molar refractivity (Wildman–Crippen MR) is 122 cm³/mol. The van der Waals surface area contributed by atoms with E-state index in [0.717, 1.165) is 16.5 Å². The molecule has 2 heterocycles. The molecule has 2 N–H and O–H groups in total. The number of aromatic nitrogens is 2. The first kappa shape index (κ1) is 21.2. The Kier molecular flexibility index (Phi) is 5.73. The second kappa shape index (κ2) is 8.63. The number of rotatable bonds is 6. The first-order valence-electron chi connectivity index (χ1n) is 10.3. The third-order valence-corrected chi connectivity index (χ3v) is 5.55. The van der Waals surface area contributed by atoms with Crippen molar-refractivity contribution in [2.75, 3.05) is 7.11 Å². The maximum atomic E-state index is 12.7. The number of methoxy groups -OCH3 is 1. The highest BCUT2D eigenvalue weighted by molar-refractivity contribution is 5.96. The van der Waals surface area contributed by atoms with Crippen molar-refractivity contribution in [3.8, 4) is 22.8 Å². The van der Waals surface area contributed by atoms with Gasteiger partial charge in [0.25, 0.3) is 5.56 Å². The van der Waals surface area contributed by atoms with E-state index in [1.165, 1.54) is 7.11 Å². The van der Waals surface area contributed by atoms with Gasteiger partial charge in [-0.05, 0) is 30.2 Å². The van der Waals surface area contributed by atoms with Gasteiger partial charge in [0.15, 0.2) is 5.56 Å². The number of pyridine rings is 1. The quantitative estimate of drug-likeness (QED) is 0.446. The summed E-state index contributed by atoms with van der Waals surface area (Å²) in [6.45, 7) is 2.17. The summed E-state index contributed by atoms with van der Waals surface area (Å²) in [5.74, 6) is -0.674. The van der Waals surface area contributed by atoms with Gasteiger partial charge >= 0.3 is 5.97 Å². The Morgan fingerprint density at radius 1 is 1.12 bits per heavy atom. The summed E-state index contributed by atoms with van der Waals surface area (Å²) in [5, 5.41) is 11.6. The highest BCUT2D eigenvalue weighted by Gasteiger charge is 2.25. The van der Waals surface area contributed by atoms with Gasteiger partial charge < -0.3 is 24.1 Å². The molecule has 0 spiro atoms. The third-order valence-electron chi connectivity index (χ3n) is 5.55. The molecule has 32 heavy (non-hydrogen) atoms. The van der Waals surface area contributed by atoms with Crippen molar-refractivity contribution in [3.05, 3.63) is 81.8 Å². The van der Waals surface area contributed by atoms with Crippen LogP contribution in [-0.4, -0.2) is 27.7 Å². The number of fused-ring (bicyclic) bond motifs is 1. The van der Waals surface area contributed by atoms with Crippen molar-refractivity contribution in [3.63, 3.8) is 0 Å². The normalized spacial score (nSPS) is 11.0. The molecule has 0 aliphatic rings. The molecule has 4 aromatic rings. The highest BCUT2D eigenvalue weighted by Crippen LogP contribution is 2.40. The Bertz CT molecular complexity index is 1350. The van der Waals surface area contributed by atoms with Crippen LogP contribution in [0.25, 0.3) is 22.2 Å². The number of aryl methyl sites for hydroxylation is 1. The topological polar surface area (TPSA) is 93.6 Å². The van der Waals surface area contributed by atoms with Crippen molar-refractivity contribution < 1.29 is 19.4 Å². The molecule has 0 bridgehead atoms. The van der Waals surface area contributed by atoms with Gasteiger partial charge in [-0.2, -0.15) is 0 Å². The number of carbonyl (C=O) groups is 1. The molecular weight excluding hydrogens is 408 g/mol. The van der Waals surface area contributed by atoms with Gasteiger partial charge in [0.2, 0.25) is 0 Å². The first-order chi connectivity index (χ1) is 15.5. The Hall–Kier alpha value is -4.00. The molecule has 0 atom stereocenters. The number of benzene rings is 2. The van der Waals surface area contributed by atoms with Crippen molar-refractivity contribution >= 4 is 16.9 Å². The fourth-order valence-corrected chi connectivity index (χ4v) is 3.90. The zero-order valence-corrected chi connectivity index (χ0v) is 18.1. The highest BCUT2D eigenvalue weighted by atomic mass is 16.5. The lowest BCUT2D eigenvalue weighted by molar-refractivity contribution is 0.0595. The van der Waals surface area contributed by atoms with Gasteiger partial charge in [-0.3, -0.25) is 4.79 Å². The molecular formula is C25H24N2O5. The molecule has 0 saturated heterocycles. The van der Waals surface area contributed by atoms with Crippen LogP contribution in [0.3, 0.4) is 0 Å². The van der Waals surface area contributed by atoms with Crippen LogP contribution in [0.1, 0.15) is 28.4 Å². The van der Waals surface area contributed by atoms with Crippen LogP contribution in [0.4, 0.5) is 0 Å². The predicted octanol–water partition coefficient (Wildman–Crippen LogP) is 4.17. The molecule has 2 aromatic heterocycles. The summed E-state index contributed by atoms with van der Waals surface area (Å²) in [6.07, 6.45) is 2.32. The number of hydrogen-bond acceptors (Lipinski definition) is 5. The summed E-state index contributed by atoms with van der Waals surface area (Å²) in [5.41, 5.74) is 2.32. The number of carbonyl (C=O) groups excluding carboxylic acids is 1. The average Bonchev–Trinajstić information content (AvgIpc) is 3.18. The van der Waals surface area contributed by atoms with Crippen molar-refractivity contribution in [1.29, 1.82) is 0 Å². The molecule has 0 radical (unpaired) electrons. The standard InChI is InChI=1S/C25H24N2O5/c1-4-16-21(26-24(29)20(22(16)28)25(30)31-3)18-10-11-19-17(12-13-27(19)2)23(18)32-14-15-8-6-5-7-9-15/h5-13H,4,14H2,1-3H3,(H2,26,28,29). The minimum atomic E-state index is -0.885. The van der Waals surface area contributed by atoms with Crippen LogP contribution in [0.15, 0.2) is 59.5 Å². The van der Waals surface area contributed by atoms with Gasteiger partial charge in [-0.25, -0.2) is 4.79 Å². The van der Waals surface area contributed by atoms with Gasteiger partial charge in [0, 0.05) is 29.8 Å². The number of aromatic hydroxyl groups is 1. The van der Waals surface area contributed by atoms with E-state index in [4.69, 9.17) is 4.74 Å². The molecule has 0 saturated carbocycles. The van der Waals surface area contributed by atoms with Crippen LogP contribution in [0.5, 0.6) is 11.5 Å². The van der Waals surface area contributed by atoms with Gasteiger partial charge in [-0.1, -0.05) is 37.3 Å². The van der Waals surface area contributed by atoms with Crippen molar-refractivity contribution in [2.45, 2.75) is 20.0 Å². The van der Waals surface area contributed by atoms with Gasteiger partial charge in [0.1, 0.15) is 18.1 Å². The zero-order chi connectivity index (χ0) is 22.8. The molecule has 0 unspecified atom stereocenters. The van der Waals surface area contributed by atoms with E-state index in [0.29, 0.717) is 35.6 Å². The number of nitrogens with zero attached hydrogens (tertiary/aromatic N) is 1. The number of H-pyrrole nitrogens is 1. The Labute approximate surface area is 184 Å². The lowest BCUT2D eigenvalue weighted by Gasteiger charge is -2.17. The SMILES string of the molecule is CCc1c(-c2ccc3c(ccn3C)c2OCc2ccccc2)[nH]c(=O)c(C(=O)OC)c1O. The van der Waals surface area contributed by atoms with E-state index in [1.807, 2.05) is 73.3 Å². The third kappa shape index (κ3) is 3.62. The minimum absolute atomic E-state index is 0.333.